The van der Waals surface area contributed by atoms with Crippen molar-refractivity contribution in [2.45, 2.75) is 0 Å². The predicted molar refractivity (Wildman–Crippen MR) is 52.2 cm³/mol. The van der Waals surface area contributed by atoms with Gasteiger partial charge in [-0.1, -0.05) is 12.1 Å². The molecule has 2 rings (SSSR count). The molecule has 0 atom stereocenters. The first-order valence-corrected chi connectivity index (χ1v) is 4.77. The topological polar surface area (TPSA) is 42.4 Å². The Labute approximate surface area is 79.8 Å². The molecular weight excluding hydrogens is 186 g/mol. The fourth-order valence-corrected chi connectivity index (χ4v) is 1.83. The Kier molecular flexibility index (Phi) is 2.42. The van der Waals surface area contributed by atoms with Crippen LogP contribution < -0.4 is 4.74 Å². The molecule has 0 amide bonds. The van der Waals surface area contributed by atoms with Gasteiger partial charge in [0.25, 0.3) is 0 Å². The van der Waals surface area contributed by atoms with Crippen molar-refractivity contribution in [3.8, 4) is 5.88 Å². The maximum atomic E-state index is 8.59. The number of aliphatic hydroxyl groups excluding tert-OH is 1. The molecule has 0 saturated heterocycles. The fourth-order valence-electron chi connectivity index (χ4n) is 1.11. The summed E-state index contributed by atoms with van der Waals surface area (Å²) in [5, 5.41) is 9.60. The first-order chi connectivity index (χ1) is 6.42. The third kappa shape index (κ3) is 1.64. The van der Waals surface area contributed by atoms with E-state index in [4.69, 9.17) is 9.84 Å². The smallest absolute Gasteiger partial charge is 0.233 e. The Hall–Kier alpha value is -1.13. The number of hydrogen-bond donors (Lipinski definition) is 1. The van der Waals surface area contributed by atoms with Gasteiger partial charge in [-0.25, -0.2) is 0 Å². The van der Waals surface area contributed by atoms with Crippen molar-refractivity contribution in [2.75, 3.05) is 13.2 Å². The molecule has 68 valence electrons. The number of rotatable bonds is 3. The first kappa shape index (κ1) is 8.47. The summed E-state index contributed by atoms with van der Waals surface area (Å²) >= 11 is 1.41. The molecule has 0 aliphatic heterocycles. The molecule has 0 bridgehead atoms. The molecule has 2 aromatic rings. The van der Waals surface area contributed by atoms with Gasteiger partial charge in [-0.15, -0.1) is 0 Å². The van der Waals surface area contributed by atoms with Crippen molar-refractivity contribution in [2.24, 2.45) is 0 Å². The number of nitrogens with zero attached hydrogens (tertiary/aromatic N) is 1. The zero-order valence-electron chi connectivity index (χ0n) is 6.93. The van der Waals surface area contributed by atoms with Crippen LogP contribution in [0.15, 0.2) is 24.3 Å². The van der Waals surface area contributed by atoms with E-state index in [0.717, 1.165) is 10.1 Å². The SMILES string of the molecule is OCCOc1nsc2ccccc12. The van der Waals surface area contributed by atoms with Crippen LogP contribution in [0.3, 0.4) is 0 Å². The summed E-state index contributed by atoms with van der Waals surface area (Å²) in [5.74, 6) is 0.620. The number of hydrogen-bond acceptors (Lipinski definition) is 4. The minimum Gasteiger partial charge on any atom is -0.474 e. The second-order valence-electron chi connectivity index (χ2n) is 2.56. The summed E-state index contributed by atoms with van der Waals surface area (Å²) in [6, 6.07) is 7.88. The second kappa shape index (κ2) is 3.72. The van der Waals surface area contributed by atoms with Gasteiger partial charge in [0.05, 0.1) is 16.7 Å². The Morgan fingerprint density at radius 1 is 1.38 bits per heavy atom. The van der Waals surface area contributed by atoms with E-state index in [2.05, 4.69) is 4.37 Å². The molecule has 0 fully saturated rings. The monoisotopic (exact) mass is 195 g/mol. The molecule has 1 aromatic heterocycles. The summed E-state index contributed by atoms with van der Waals surface area (Å²) in [6.07, 6.45) is 0. The molecule has 0 spiro atoms. The molecule has 3 nitrogen and oxygen atoms in total. The third-order valence-electron chi connectivity index (χ3n) is 1.67. The normalized spacial score (nSPS) is 10.5. The zero-order chi connectivity index (χ0) is 9.10. The zero-order valence-corrected chi connectivity index (χ0v) is 7.75. The molecule has 0 aliphatic carbocycles. The van der Waals surface area contributed by atoms with Gasteiger partial charge < -0.3 is 9.84 Å². The Bertz CT molecular complexity index is 399. The van der Waals surface area contributed by atoms with Gasteiger partial charge >= 0.3 is 0 Å². The second-order valence-corrected chi connectivity index (χ2v) is 3.36. The summed E-state index contributed by atoms with van der Waals surface area (Å²) in [7, 11) is 0. The van der Waals surface area contributed by atoms with Crippen LogP contribution in [0, 0.1) is 0 Å². The van der Waals surface area contributed by atoms with Crippen molar-refractivity contribution in [1.29, 1.82) is 0 Å². The fraction of sp³-hybridized carbons (Fsp3) is 0.222. The van der Waals surface area contributed by atoms with Gasteiger partial charge in [0.1, 0.15) is 6.61 Å². The van der Waals surface area contributed by atoms with E-state index in [0.29, 0.717) is 12.5 Å². The van der Waals surface area contributed by atoms with E-state index in [1.54, 1.807) is 0 Å². The molecule has 0 unspecified atom stereocenters. The highest BCUT2D eigenvalue weighted by atomic mass is 32.1. The number of ether oxygens (including phenoxy) is 1. The average Bonchev–Trinajstić information content (AvgIpc) is 2.58. The molecule has 1 aromatic carbocycles. The number of benzene rings is 1. The van der Waals surface area contributed by atoms with Crippen LogP contribution in [0.4, 0.5) is 0 Å². The first-order valence-electron chi connectivity index (χ1n) is 4.00. The lowest BCUT2D eigenvalue weighted by atomic mass is 10.3. The van der Waals surface area contributed by atoms with E-state index >= 15 is 0 Å². The molecule has 13 heavy (non-hydrogen) atoms. The standard InChI is InChI=1S/C9H9NO2S/c11-5-6-12-9-7-3-1-2-4-8(7)13-10-9/h1-4,11H,5-6H2. The number of fused-ring (bicyclic) bond motifs is 1. The van der Waals surface area contributed by atoms with Crippen LogP contribution in [-0.2, 0) is 0 Å². The average molecular weight is 195 g/mol. The highest BCUT2D eigenvalue weighted by Crippen LogP contribution is 2.27. The van der Waals surface area contributed by atoms with E-state index in [-0.39, 0.29) is 6.61 Å². The predicted octanol–water partition coefficient (Wildman–Crippen LogP) is 1.67. The summed E-state index contributed by atoms with van der Waals surface area (Å²) < 4.78 is 10.5. The highest BCUT2D eigenvalue weighted by Gasteiger charge is 2.04. The van der Waals surface area contributed by atoms with Gasteiger partial charge in [0.15, 0.2) is 0 Å². The minimum absolute atomic E-state index is 0.0197. The van der Waals surface area contributed by atoms with E-state index in [1.165, 1.54) is 11.5 Å². The van der Waals surface area contributed by atoms with E-state index < -0.39 is 0 Å². The van der Waals surface area contributed by atoms with Crippen molar-refractivity contribution in [3.63, 3.8) is 0 Å². The van der Waals surface area contributed by atoms with E-state index in [1.807, 2.05) is 24.3 Å². The molecule has 0 saturated carbocycles. The number of aromatic nitrogens is 1. The minimum atomic E-state index is 0.0197. The van der Waals surface area contributed by atoms with Crippen molar-refractivity contribution in [1.82, 2.24) is 4.37 Å². The Morgan fingerprint density at radius 3 is 3.08 bits per heavy atom. The molecule has 1 N–H and O–H groups in total. The largest absolute Gasteiger partial charge is 0.474 e. The van der Waals surface area contributed by atoms with Crippen LogP contribution in [0.1, 0.15) is 0 Å². The molecule has 0 aliphatic rings. The number of aliphatic hydroxyl groups is 1. The molecule has 4 heteroatoms. The van der Waals surface area contributed by atoms with Crippen molar-refractivity contribution in [3.05, 3.63) is 24.3 Å². The molecule has 0 radical (unpaired) electrons. The van der Waals surface area contributed by atoms with Crippen molar-refractivity contribution < 1.29 is 9.84 Å². The van der Waals surface area contributed by atoms with Crippen LogP contribution in [0.2, 0.25) is 0 Å². The van der Waals surface area contributed by atoms with Gasteiger partial charge in [0.2, 0.25) is 5.88 Å². The maximum absolute atomic E-state index is 8.59. The van der Waals surface area contributed by atoms with Gasteiger partial charge in [0, 0.05) is 0 Å². The highest BCUT2D eigenvalue weighted by molar-refractivity contribution is 7.13. The Morgan fingerprint density at radius 2 is 2.23 bits per heavy atom. The lowest BCUT2D eigenvalue weighted by Crippen LogP contribution is -2.01. The third-order valence-corrected chi connectivity index (χ3v) is 2.48. The maximum Gasteiger partial charge on any atom is 0.233 e. The van der Waals surface area contributed by atoms with Gasteiger partial charge in [-0.3, -0.25) is 0 Å². The summed E-state index contributed by atoms with van der Waals surface area (Å²) in [6.45, 7) is 0.319. The summed E-state index contributed by atoms with van der Waals surface area (Å²) in [5.41, 5.74) is 0. The lowest BCUT2D eigenvalue weighted by molar-refractivity contribution is 0.199. The van der Waals surface area contributed by atoms with Crippen LogP contribution in [-0.4, -0.2) is 22.7 Å². The van der Waals surface area contributed by atoms with Gasteiger partial charge in [-0.05, 0) is 23.7 Å². The molecule has 1 heterocycles. The Balaban J connectivity index is 2.35. The van der Waals surface area contributed by atoms with Gasteiger partial charge in [-0.2, -0.15) is 4.37 Å². The summed E-state index contributed by atoms with van der Waals surface area (Å²) in [4.78, 5) is 0. The van der Waals surface area contributed by atoms with Crippen molar-refractivity contribution >= 4 is 21.6 Å². The van der Waals surface area contributed by atoms with Crippen LogP contribution >= 0.6 is 11.5 Å². The van der Waals surface area contributed by atoms with Crippen LogP contribution in [0.5, 0.6) is 5.88 Å². The quantitative estimate of drug-likeness (QED) is 0.810. The van der Waals surface area contributed by atoms with Crippen LogP contribution in [0.25, 0.3) is 10.1 Å². The van der Waals surface area contributed by atoms with E-state index in [9.17, 15) is 0 Å². The molecular formula is C9H9NO2S. The lowest BCUT2D eigenvalue weighted by Gasteiger charge is -1.98.